The van der Waals surface area contributed by atoms with E-state index in [1.165, 1.54) is 18.4 Å². The summed E-state index contributed by atoms with van der Waals surface area (Å²) in [7, 11) is 0. The smallest absolute Gasteiger partial charge is 0.325 e. The minimum absolute atomic E-state index is 0.0335. The number of carbonyl (C=O) groups is 2. The second kappa shape index (κ2) is 5.15. The summed E-state index contributed by atoms with van der Waals surface area (Å²) in [6.45, 7) is 1.80. The van der Waals surface area contributed by atoms with E-state index >= 15 is 0 Å². The van der Waals surface area contributed by atoms with E-state index in [0.717, 1.165) is 17.7 Å². The van der Waals surface area contributed by atoms with Crippen LogP contribution >= 0.6 is 0 Å². The molecule has 6 nitrogen and oxygen atoms in total. The molecule has 7 heteroatoms. The molecule has 124 valence electrons. The second-order valence-corrected chi connectivity index (χ2v) is 6.45. The van der Waals surface area contributed by atoms with Crippen LogP contribution in [0.1, 0.15) is 25.5 Å². The lowest BCUT2D eigenvalue weighted by Gasteiger charge is -2.20. The first-order valence-electron chi connectivity index (χ1n) is 7.82. The number of hydrogen-bond donors (Lipinski definition) is 1. The van der Waals surface area contributed by atoms with Gasteiger partial charge in [0.1, 0.15) is 17.6 Å². The summed E-state index contributed by atoms with van der Waals surface area (Å²) in [5.74, 6) is -0.160. The number of oxazole rings is 1. The van der Waals surface area contributed by atoms with Crippen LogP contribution in [0.4, 0.5) is 9.18 Å². The van der Waals surface area contributed by atoms with Gasteiger partial charge in [0.05, 0.1) is 12.2 Å². The molecule has 1 aliphatic heterocycles. The van der Waals surface area contributed by atoms with Crippen molar-refractivity contribution in [1.82, 2.24) is 15.2 Å². The monoisotopic (exact) mass is 329 g/mol. The zero-order chi connectivity index (χ0) is 16.9. The SMILES string of the molecule is CC1(C2CC2)NC(=O)N(Cc2coc(-c3cccc(F)c3)n2)C1=O. The Labute approximate surface area is 137 Å². The van der Waals surface area contributed by atoms with Crippen molar-refractivity contribution in [3.05, 3.63) is 42.0 Å². The third-order valence-electron chi connectivity index (χ3n) is 4.64. The van der Waals surface area contributed by atoms with Gasteiger partial charge in [-0.1, -0.05) is 6.07 Å². The molecule has 0 bridgehead atoms. The van der Waals surface area contributed by atoms with Crippen molar-refractivity contribution < 1.29 is 18.4 Å². The van der Waals surface area contributed by atoms with Gasteiger partial charge in [0.15, 0.2) is 0 Å². The molecule has 1 atom stereocenters. The molecule has 1 aromatic heterocycles. The first-order valence-corrected chi connectivity index (χ1v) is 7.82. The number of carbonyl (C=O) groups excluding carboxylic acids is 2. The number of nitrogens with one attached hydrogen (secondary N) is 1. The quantitative estimate of drug-likeness (QED) is 0.875. The summed E-state index contributed by atoms with van der Waals surface area (Å²) in [6.07, 6.45) is 3.28. The molecule has 2 aromatic rings. The van der Waals surface area contributed by atoms with Crippen LogP contribution in [0.3, 0.4) is 0 Å². The van der Waals surface area contributed by atoms with Gasteiger partial charge in [-0.2, -0.15) is 0 Å². The van der Waals surface area contributed by atoms with Crippen LogP contribution in [0.5, 0.6) is 0 Å². The zero-order valence-corrected chi connectivity index (χ0v) is 13.1. The van der Waals surface area contributed by atoms with Gasteiger partial charge >= 0.3 is 6.03 Å². The molecular formula is C17H16FN3O3. The topological polar surface area (TPSA) is 75.4 Å². The van der Waals surface area contributed by atoms with Crippen molar-refractivity contribution in [2.45, 2.75) is 31.8 Å². The van der Waals surface area contributed by atoms with Gasteiger partial charge in [0.25, 0.3) is 5.91 Å². The molecule has 2 fully saturated rings. The highest BCUT2D eigenvalue weighted by atomic mass is 19.1. The number of aromatic nitrogens is 1. The van der Waals surface area contributed by atoms with Gasteiger partial charge in [-0.15, -0.1) is 0 Å². The molecule has 1 saturated heterocycles. The lowest BCUT2D eigenvalue weighted by Crippen LogP contribution is -2.46. The van der Waals surface area contributed by atoms with Gasteiger partial charge in [0, 0.05) is 5.56 Å². The van der Waals surface area contributed by atoms with Gasteiger partial charge in [-0.05, 0) is 43.9 Å². The summed E-state index contributed by atoms with van der Waals surface area (Å²) >= 11 is 0. The Morgan fingerprint density at radius 2 is 2.21 bits per heavy atom. The van der Waals surface area contributed by atoms with E-state index < -0.39 is 11.6 Å². The van der Waals surface area contributed by atoms with Crippen LogP contribution in [0.2, 0.25) is 0 Å². The van der Waals surface area contributed by atoms with E-state index in [1.807, 2.05) is 0 Å². The molecule has 4 rings (SSSR count). The Bertz CT molecular complexity index is 830. The van der Waals surface area contributed by atoms with Crippen LogP contribution in [0.15, 0.2) is 34.9 Å². The van der Waals surface area contributed by atoms with E-state index in [4.69, 9.17) is 4.42 Å². The Morgan fingerprint density at radius 3 is 2.92 bits per heavy atom. The molecule has 0 radical (unpaired) electrons. The van der Waals surface area contributed by atoms with E-state index in [9.17, 15) is 14.0 Å². The molecule has 24 heavy (non-hydrogen) atoms. The summed E-state index contributed by atoms with van der Waals surface area (Å²) in [4.78, 5) is 30.1. The lowest BCUT2D eigenvalue weighted by atomic mass is 9.96. The number of benzene rings is 1. The molecular weight excluding hydrogens is 313 g/mol. The van der Waals surface area contributed by atoms with E-state index in [0.29, 0.717) is 11.3 Å². The number of nitrogens with zero attached hydrogens (tertiary/aromatic N) is 2. The molecule has 1 saturated carbocycles. The highest BCUT2D eigenvalue weighted by molar-refractivity contribution is 6.07. The molecule has 1 aromatic carbocycles. The second-order valence-electron chi connectivity index (χ2n) is 6.45. The first kappa shape index (κ1) is 14.9. The Hall–Kier alpha value is -2.70. The highest BCUT2D eigenvalue weighted by Crippen LogP contribution is 2.42. The van der Waals surface area contributed by atoms with E-state index in [1.54, 1.807) is 19.1 Å². The largest absolute Gasteiger partial charge is 0.444 e. The van der Waals surface area contributed by atoms with Crippen molar-refractivity contribution in [2.24, 2.45) is 5.92 Å². The zero-order valence-electron chi connectivity index (χ0n) is 13.1. The molecule has 1 N–H and O–H groups in total. The minimum Gasteiger partial charge on any atom is -0.444 e. The number of imide groups is 1. The maximum absolute atomic E-state index is 13.3. The van der Waals surface area contributed by atoms with Crippen LogP contribution in [0, 0.1) is 11.7 Å². The molecule has 1 aliphatic carbocycles. The molecule has 1 unspecified atom stereocenters. The molecule has 2 aliphatic rings. The fourth-order valence-corrected chi connectivity index (χ4v) is 3.09. The third-order valence-corrected chi connectivity index (χ3v) is 4.64. The van der Waals surface area contributed by atoms with E-state index in [2.05, 4.69) is 10.3 Å². The maximum atomic E-state index is 13.3. The third kappa shape index (κ3) is 2.36. The van der Waals surface area contributed by atoms with Gasteiger partial charge in [-0.3, -0.25) is 9.69 Å². The molecule has 3 amide bonds. The standard InChI is InChI=1S/C17H16FN3O3/c1-17(11-5-6-11)15(22)21(16(23)20-17)8-13-9-24-14(19-13)10-3-2-4-12(18)7-10/h2-4,7,9,11H,5-6,8H2,1H3,(H,20,23). The number of hydrogen-bond acceptors (Lipinski definition) is 4. The highest BCUT2D eigenvalue weighted by Gasteiger charge is 2.55. The number of rotatable bonds is 4. The average molecular weight is 329 g/mol. The summed E-state index contributed by atoms with van der Waals surface area (Å²) in [5.41, 5.74) is 0.130. The van der Waals surface area contributed by atoms with Gasteiger partial charge in [0.2, 0.25) is 5.89 Å². The van der Waals surface area contributed by atoms with Crippen LogP contribution < -0.4 is 5.32 Å². The number of urea groups is 1. The van der Waals surface area contributed by atoms with Gasteiger partial charge in [-0.25, -0.2) is 14.2 Å². The van der Waals surface area contributed by atoms with Crippen LogP contribution in [0.25, 0.3) is 11.5 Å². The summed E-state index contributed by atoms with van der Waals surface area (Å²) < 4.78 is 18.6. The van der Waals surface area contributed by atoms with Crippen molar-refractivity contribution >= 4 is 11.9 Å². The van der Waals surface area contributed by atoms with Crippen molar-refractivity contribution in [2.75, 3.05) is 0 Å². The Balaban J connectivity index is 1.54. The summed E-state index contributed by atoms with van der Waals surface area (Å²) in [6, 6.07) is 5.47. The molecule has 2 heterocycles. The lowest BCUT2D eigenvalue weighted by molar-refractivity contribution is -0.131. The predicted octanol–water partition coefficient (Wildman–Crippen LogP) is 2.70. The average Bonchev–Trinajstić information content (AvgIpc) is 3.27. The van der Waals surface area contributed by atoms with Crippen molar-refractivity contribution in [3.63, 3.8) is 0 Å². The predicted molar refractivity (Wildman–Crippen MR) is 82.1 cm³/mol. The van der Waals surface area contributed by atoms with Gasteiger partial charge < -0.3 is 9.73 Å². The van der Waals surface area contributed by atoms with Crippen molar-refractivity contribution in [3.8, 4) is 11.5 Å². The Morgan fingerprint density at radius 1 is 1.42 bits per heavy atom. The minimum atomic E-state index is -0.813. The summed E-state index contributed by atoms with van der Waals surface area (Å²) in [5, 5.41) is 2.79. The maximum Gasteiger partial charge on any atom is 0.325 e. The van der Waals surface area contributed by atoms with Crippen LogP contribution in [-0.4, -0.2) is 27.4 Å². The van der Waals surface area contributed by atoms with E-state index in [-0.39, 0.29) is 30.1 Å². The van der Waals surface area contributed by atoms with Crippen LogP contribution in [-0.2, 0) is 11.3 Å². The normalized spacial score (nSPS) is 23.7. The fourth-order valence-electron chi connectivity index (χ4n) is 3.09. The first-order chi connectivity index (χ1) is 11.5. The molecule has 0 spiro atoms. The Kier molecular flexibility index (Phi) is 3.19. The number of halogens is 1. The fraction of sp³-hybridized carbons (Fsp3) is 0.353. The number of amides is 3. The van der Waals surface area contributed by atoms with Crippen molar-refractivity contribution in [1.29, 1.82) is 0 Å².